The Morgan fingerprint density at radius 1 is 0.451 bits per heavy atom. The third-order valence-electron chi connectivity index (χ3n) is 9.94. The van der Waals surface area contributed by atoms with Gasteiger partial charge in [-0.3, -0.25) is 0 Å². The monoisotopic (exact) mass is 653 g/mol. The van der Waals surface area contributed by atoms with E-state index in [1.165, 1.54) is 27.1 Å². The number of fused-ring (bicyclic) bond motifs is 6. The second-order valence-corrected chi connectivity index (χ2v) is 13.0. The zero-order chi connectivity index (χ0) is 33.7. The van der Waals surface area contributed by atoms with Crippen LogP contribution >= 0.6 is 0 Å². The van der Waals surface area contributed by atoms with Gasteiger partial charge >= 0.3 is 0 Å². The first-order chi connectivity index (χ1) is 25.2. The van der Waals surface area contributed by atoms with E-state index in [2.05, 4.69) is 145 Å². The van der Waals surface area contributed by atoms with Crippen LogP contribution in [-0.2, 0) is 0 Å². The van der Waals surface area contributed by atoms with Gasteiger partial charge in [-0.25, -0.2) is 9.98 Å². The molecule has 51 heavy (non-hydrogen) atoms. The quantitative estimate of drug-likeness (QED) is 0.188. The second-order valence-electron chi connectivity index (χ2n) is 13.0. The molecule has 0 aliphatic carbocycles. The first-order valence-corrected chi connectivity index (χ1v) is 17.3. The lowest BCUT2D eigenvalue weighted by Gasteiger charge is -2.24. The minimum absolute atomic E-state index is 0.308. The van der Waals surface area contributed by atoms with E-state index < -0.39 is 0 Å². The average Bonchev–Trinajstić information content (AvgIpc) is 3.59. The molecule has 1 aromatic heterocycles. The first-order valence-electron chi connectivity index (χ1n) is 17.3. The Labute approximate surface area is 295 Å². The van der Waals surface area contributed by atoms with Crippen molar-refractivity contribution < 1.29 is 4.42 Å². The van der Waals surface area contributed by atoms with Crippen LogP contribution < -0.4 is 5.32 Å². The molecule has 0 fully saturated rings. The molecular formula is C47H31N3O. The van der Waals surface area contributed by atoms with Crippen molar-refractivity contribution in [3.8, 4) is 22.3 Å². The number of nitrogens with zero attached hydrogens (tertiary/aromatic N) is 2. The van der Waals surface area contributed by atoms with Crippen LogP contribution in [0.1, 0.15) is 22.9 Å². The molecule has 0 saturated heterocycles. The summed E-state index contributed by atoms with van der Waals surface area (Å²) in [5.41, 5.74) is 9.30. The fourth-order valence-electron chi connectivity index (χ4n) is 7.36. The van der Waals surface area contributed by atoms with Gasteiger partial charge in [0.05, 0.1) is 0 Å². The molecule has 0 spiro atoms. The predicted octanol–water partition coefficient (Wildman–Crippen LogP) is 11.7. The molecular weight excluding hydrogens is 623 g/mol. The maximum Gasteiger partial charge on any atom is 0.160 e. The van der Waals surface area contributed by atoms with Gasteiger partial charge in [-0.2, -0.15) is 0 Å². The number of benzene rings is 8. The molecule has 1 atom stereocenters. The highest BCUT2D eigenvalue weighted by Gasteiger charge is 2.23. The summed E-state index contributed by atoms with van der Waals surface area (Å²) in [4.78, 5) is 10.4. The number of furan rings is 1. The smallest absolute Gasteiger partial charge is 0.160 e. The van der Waals surface area contributed by atoms with Gasteiger partial charge in [0, 0.05) is 21.9 Å². The highest BCUT2D eigenvalue weighted by Crippen LogP contribution is 2.36. The van der Waals surface area contributed by atoms with Crippen LogP contribution in [0.4, 0.5) is 0 Å². The van der Waals surface area contributed by atoms with E-state index in [0.29, 0.717) is 5.84 Å². The van der Waals surface area contributed by atoms with E-state index in [9.17, 15) is 0 Å². The Kier molecular flexibility index (Phi) is 6.85. The minimum atomic E-state index is -0.308. The second kappa shape index (κ2) is 12.0. The summed E-state index contributed by atoms with van der Waals surface area (Å²) in [5.74, 6) is 1.45. The van der Waals surface area contributed by atoms with Crippen LogP contribution in [0.2, 0.25) is 0 Å². The van der Waals surface area contributed by atoms with Crippen molar-refractivity contribution in [2.75, 3.05) is 0 Å². The molecule has 0 amide bonds. The number of aliphatic imine (C=N–C) groups is 2. The number of hydrogen-bond acceptors (Lipinski definition) is 4. The molecule has 4 nitrogen and oxygen atoms in total. The number of nitrogens with one attached hydrogen (secondary N) is 1. The lowest BCUT2D eigenvalue weighted by molar-refractivity contribution is 0.668. The number of rotatable bonds is 5. The van der Waals surface area contributed by atoms with Gasteiger partial charge in [-0.15, -0.1) is 0 Å². The molecule has 8 aromatic carbocycles. The molecule has 1 N–H and O–H groups in total. The van der Waals surface area contributed by atoms with E-state index in [-0.39, 0.29) is 6.17 Å². The van der Waals surface area contributed by atoms with Crippen LogP contribution in [0, 0.1) is 0 Å². The summed E-state index contributed by atoms with van der Waals surface area (Å²) >= 11 is 0. The van der Waals surface area contributed by atoms with Gasteiger partial charge in [-0.1, -0.05) is 152 Å². The van der Waals surface area contributed by atoms with Crippen LogP contribution in [0.5, 0.6) is 0 Å². The van der Waals surface area contributed by atoms with Crippen molar-refractivity contribution in [2.45, 2.75) is 6.17 Å². The van der Waals surface area contributed by atoms with Crippen LogP contribution in [-0.4, -0.2) is 11.7 Å². The zero-order valence-corrected chi connectivity index (χ0v) is 27.6. The standard InChI is InChI=1S/C47H31N3O/c1-3-10-30(11-4-1)36-25-27-42-41(29-36)44-40(16-9-17-43(44)51-42)47-49-45(33-13-5-2-6-14-33)48-46(50-47)34-21-18-31(19-22-34)35-24-26-39-37(28-35)23-20-32-12-7-8-15-38(32)39/h1-29,45H,(H,48,49,50). The largest absolute Gasteiger partial charge is 0.456 e. The molecule has 1 aliphatic heterocycles. The van der Waals surface area contributed by atoms with Gasteiger partial charge in [0.2, 0.25) is 0 Å². The number of hydrogen-bond donors (Lipinski definition) is 1. The van der Waals surface area contributed by atoms with Crippen molar-refractivity contribution in [2.24, 2.45) is 9.98 Å². The lowest BCUT2D eigenvalue weighted by atomic mass is 9.97. The van der Waals surface area contributed by atoms with E-state index in [1.807, 2.05) is 36.4 Å². The SMILES string of the molecule is c1ccc(-c2ccc3oc4cccc(C5=NC(c6ccccc6)NC(c6ccc(-c7ccc8c(ccc9ccccc98)c7)cc6)=N5)c4c3c2)cc1. The van der Waals surface area contributed by atoms with Crippen LogP contribution in [0.15, 0.2) is 190 Å². The molecule has 0 bridgehead atoms. The summed E-state index contributed by atoms with van der Waals surface area (Å²) in [6, 6.07) is 61.7. The maximum atomic E-state index is 6.38. The van der Waals surface area contributed by atoms with Crippen molar-refractivity contribution in [3.63, 3.8) is 0 Å². The van der Waals surface area contributed by atoms with Crippen LogP contribution in [0.3, 0.4) is 0 Å². The molecule has 2 heterocycles. The molecule has 0 saturated carbocycles. The number of amidine groups is 2. The Morgan fingerprint density at radius 3 is 1.98 bits per heavy atom. The maximum absolute atomic E-state index is 6.38. The summed E-state index contributed by atoms with van der Waals surface area (Å²) in [7, 11) is 0. The summed E-state index contributed by atoms with van der Waals surface area (Å²) in [6.45, 7) is 0. The third kappa shape index (κ3) is 5.17. The fraction of sp³-hybridized carbons (Fsp3) is 0.0213. The van der Waals surface area contributed by atoms with E-state index in [0.717, 1.165) is 61.2 Å². The minimum Gasteiger partial charge on any atom is -0.456 e. The molecule has 1 aliphatic rings. The van der Waals surface area contributed by atoms with Gasteiger partial charge in [-0.05, 0) is 73.6 Å². The van der Waals surface area contributed by atoms with Gasteiger partial charge in [0.1, 0.15) is 23.2 Å². The summed E-state index contributed by atoms with van der Waals surface area (Å²) in [5, 5.41) is 10.7. The van der Waals surface area contributed by atoms with Crippen molar-refractivity contribution in [1.82, 2.24) is 5.32 Å². The van der Waals surface area contributed by atoms with Crippen molar-refractivity contribution in [3.05, 3.63) is 193 Å². The first kappa shape index (κ1) is 29.2. The summed E-state index contributed by atoms with van der Waals surface area (Å²) < 4.78 is 6.38. The van der Waals surface area contributed by atoms with Crippen molar-refractivity contribution >= 4 is 55.2 Å². The highest BCUT2D eigenvalue weighted by atomic mass is 16.3. The van der Waals surface area contributed by atoms with Crippen LogP contribution in [0.25, 0.3) is 65.7 Å². The normalized spacial score (nSPS) is 14.5. The van der Waals surface area contributed by atoms with Gasteiger partial charge in [0.25, 0.3) is 0 Å². The Hall–Kier alpha value is -6.78. The average molecular weight is 654 g/mol. The molecule has 4 heteroatoms. The molecule has 240 valence electrons. The predicted molar refractivity (Wildman–Crippen MR) is 211 cm³/mol. The Morgan fingerprint density at radius 2 is 1.12 bits per heavy atom. The van der Waals surface area contributed by atoms with E-state index in [4.69, 9.17) is 14.4 Å². The third-order valence-corrected chi connectivity index (χ3v) is 9.94. The molecule has 0 radical (unpaired) electrons. The lowest BCUT2D eigenvalue weighted by Crippen LogP contribution is -2.33. The van der Waals surface area contributed by atoms with Crippen molar-refractivity contribution in [1.29, 1.82) is 0 Å². The summed E-state index contributed by atoms with van der Waals surface area (Å²) in [6.07, 6.45) is -0.308. The fourth-order valence-corrected chi connectivity index (χ4v) is 7.36. The topological polar surface area (TPSA) is 49.9 Å². The van der Waals surface area contributed by atoms with Gasteiger partial charge in [0.15, 0.2) is 5.84 Å². The molecule has 10 rings (SSSR count). The molecule has 1 unspecified atom stereocenters. The van der Waals surface area contributed by atoms with E-state index in [1.54, 1.807) is 0 Å². The highest BCUT2D eigenvalue weighted by molar-refractivity contribution is 6.22. The Bertz CT molecular complexity index is 2820. The Balaban J connectivity index is 1.06. The van der Waals surface area contributed by atoms with Gasteiger partial charge < -0.3 is 9.73 Å². The van der Waals surface area contributed by atoms with E-state index >= 15 is 0 Å². The zero-order valence-electron chi connectivity index (χ0n) is 27.6. The molecule has 9 aromatic rings.